The first-order valence-corrected chi connectivity index (χ1v) is 11.0. The summed E-state index contributed by atoms with van der Waals surface area (Å²) >= 11 is 0. The van der Waals surface area contributed by atoms with Crippen LogP contribution in [0.5, 0.6) is 11.6 Å². The third-order valence-electron chi connectivity index (χ3n) is 5.62. The van der Waals surface area contributed by atoms with E-state index < -0.39 is 55.1 Å². The fraction of sp³-hybridized carbons (Fsp3) is 0.240. The van der Waals surface area contributed by atoms with E-state index in [1.54, 1.807) is 30.3 Å². The van der Waals surface area contributed by atoms with E-state index in [2.05, 4.69) is 4.98 Å². The number of alkyl halides is 6. The topological polar surface area (TPSA) is 94.8 Å². The molecule has 0 aliphatic carbocycles. The SMILES string of the molecule is NC(=O)COc1ccccc1-c1ccnc2c1CN(Cc1cc(C(F)(F)F)cc(C(F)(F)F)c1)C(=O)CO2. The number of ether oxygens (including phenoxy) is 2. The third-order valence-corrected chi connectivity index (χ3v) is 5.62. The molecule has 1 aromatic heterocycles. The van der Waals surface area contributed by atoms with Gasteiger partial charge < -0.3 is 20.1 Å². The number of benzene rings is 2. The lowest BCUT2D eigenvalue weighted by molar-refractivity contribution is -0.143. The first kappa shape index (κ1) is 26.8. The zero-order valence-corrected chi connectivity index (χ0v) is 19.4. The van der Waals surface area contributed by atoms with Gasteiger partial charge in [-0.1, -0.05) is 18.2 Å². The van der Waals surface area contributed by atoms with Gasteiger partial charge in [0.05, 0.1) is 17.7 Å². The van der Waals surface area contributed by atoms with Crippen molar-refractivity contribution in [1.29, 1.82) is 0 Å². The van der Waals surface area contributed by atoms with E-state index in [1.807, 2.05) is 0 Å². The molecule has 0 bridgehead atoms. The Hall–Kier alpha value is -4.29. The van der Waals surface area contributed by atoms with Crippen LogP contribution in [0.3, 0.4) is 0 Å². The van der Waals surface area contributed by atoms with E-state index in [1.165, 1.54) is 6.20 Å². The Morgan fingerprint density at radius 3 is 2.29 bits per heavy atom. The lowest BCUT2D eigenvalue weighted by atomic mass is 9.99. The Bertz CT molecular complexity index is 1340. The predicted molar refractivity (Wildman–Crippen MR) is 121 cm³/mol. The van der Waals surface area contributed by atoms with Gasteiger partial charge in [0.25, 0.3) is 11.8 Å². The van der Waals surface area contributed by atoms with Gasteiger partial charge in [0.15, 0.2) is 13.2 Å². The van der Waals surface area contributed by atoms with E-state index in [-0.39, 0.29) is 29.8 Å². The highest BCUT2D eigenvalue weighted by Gasteiger charge is 2.37. The first-order valence-electron chi connectivity index (χ1n) is 11.0. The van der Waals surface area contributed by atoms with E-state index in [4.69, 9.17) is 15.2 Å². The molecule has 3 aromatic rings. The van der Waals surface area contributed by atoms with Gasteiger partial charge in [-0.05, 0) is 41.5 Å². The number of pyridine rings is 1. The number of carbonyl (C=O) groups is 2. The maximum atomic E-state index is 13.3. The number of hydrogen-bond acceptors (Lipinski definition) is 5. The molecule has 1 aliphatic heterocycles. The molecule has 0 unspecified atom stereocenters. The molecule has 13 heteroatoms. The molecule has 7 nitrogen and oxygen atoms in total. The largest absolute Gasteiger partial charge is 0.483 e. The molecular formula is C25H19F6N3O4. The highest BCUT2D eigenvalue weighted by molar-refractivity contribution is 5.81. The van der Waals surface area contributed by atoms with Crippen molar-refractivity contribution in [2.45, 2.75) is 25.4 Å². The van der Waals surface area contributed by atoms with Crippen LogP contribution in [0.2, 0.25) is 0 Å². The molecule has 4 rings (SSSR count). The molecule has 38 heavy (non-hydrogen) atoms. The normalized spacial score (nSPS) is 13.9. The van der Waals surface area contributed by atoms with E-state index >= 15 is 0 Å². The number of carbonyl (C=O) groups excluding carboxylic acids is 2. The molecule has 2 amide bonds. The van der Waals surface area contributed by atoms with Crippen molar-refractivity contribution in [3.8, 4) is 22.8 Å². The zero-order chi connectivity index (χ0) is 27.7. The van der Waals surface area contributed by atoms with Crippen molar-refractivity contribution in [2.75, 3.05) is 13.2 Å². The molecule has 0 saturated heterocycles. The number of rotatable bonds is 6. The molecular weight excluding hydrogens is 520 g/mol. The summed E-state index contributed by atoms with van der Waals surface area (Å²) in [5, 5.41) is 0. The second kappa shape index (κ2) is 10.2. The van der Waals surface area contributed by atoms with Crippen LogP contribution in [0.15, 0.2) is 54.7 Å². The summed E-state index contributed by atoms with van der Waals surface area (Å²) in [5.41, 5.74) is 3.12. The number of halogens is 6. The van der Waals surface area contributed by atoms with Gasteiger partial charge in [-0.2, -0.15) is 26.3 Å². The predicted octanol–water partition coefficient (Wildman–Crippen LogP) is 4.57. The summed E-state index contributed by atoms with van der Waals surface area (Å²) in [4.78, 5) is 29.2. The standard InChI is InChI=1S/C25H19F6N3O4/c26-24(27,28)15-7-14(8-16(9-15)25(29,30)31)10-34-11-19-17(5-6-33-23(19)38-13-22(34)36)18-3-1-2-4-20(18)37-12-21(32)35/h1-9H,10-13H2,(H2,32,35). The van der Waals surface area contributed by atoms with Crippen molar-refractivity contribution in [1.82, 2.24) is 9.88 Å². The molecule has 0 saturated carbocycles. The minimum atomic E-state index is -5.03. The Balaban J connectivity index is 1.73. The molecule has 0 radical (unpaired) electrons. The van der Waals surface area contributed by atoms with Crippen LogP contribution >= 0.6 is 0 Å². The highest BCUT2D eigenvalue weighted by atomic mass is 19.4. The number of fused-ring (bicyclic) bond motifs is 1. The van der Waals surface area contributed by atoms with Crippen LogP contribution in [0, 0.1) is 0 Å². The molecule has 0 spiro atoms. The molecule has 2 aromatic carbocycles. The third kappa shape index (κ3) is 5.98. The Morgan fingerprint density at radius 2 is 1.66 bits per heavy atom. The number of primary amides is 1. The summed E-state index contributed by atoms with van der Waals surface area (Å²) in [7, 11) is 0. The Kier molecular flexibility index (Phi) is 7.20. The van der Waals surface area contributed by atoms with Crippen molar-refractivity contribution in [3.05, 3.63) is 77.0 Å². The molecule has 0 atom stereocenters. The Labute approximate surface area is 211 Å². The summed E-state index contributed by atoms with van der Waals surface area (Å²) in [5.74, 6) is -1.05. The number of amides is 2. The number of hydrogen-bond donors (Lipinski definition) is 1. The van der Waals surface area contributed by atoms with E-state index in [0.29, 0.717) is 28.8 Å². The first-order chi connectivity index (χ1) is 17.8. The second-order valence-corrected chi connectivity index (χ2v) is 8.35. The van der Waals surface area contributed by atoms with Gasteiger partial charge in [0.1, 0.15) is 5.75 Å². The van der Waals surface area contributed by atoms with E-state index in [9.17, 15) is 35.9 Å². The second-order valence-electron chi connectivity index (χ2n) is 8.35. The van der Waals surface area contributed by atoms with Crippen LogP contribution in [0.25, 0.3) is 11.1 Å². The fourth-order valence-corrected chi connectivity index (χ4v) is 3.94. The summed E-state index contributed by atoms with van der Waals surface area (Å²) < 4.78 is 91.0. The zero-order valence-electron chi connectivity index (χ0n) is 19.4. The van der Waals surface area contributed by atoms with Crippen molar-refractivity contribution >= 4 is 11.8 Å². The highest BCUT2D eigenvalue weighted by Crippen LogP contribution is 2.39. The quantitative estimate of drug-likeness (QED) is 0.463. The summed E-state index contributed by atoms with van der Waals surface area (Å²) in [6, 6.07) is 9.32. The van der Waals surface area contributed by atoms with Gasteiger partial charge in [-0.15, -0.1) is 0 Å². The lowest BCUT2D eigenvalue weighted by Gasteiger charge is -2.23. The summed E-state index contributed by atoms with van der Waals surface area (Å²) in [6.45, 7) is -1.74. The molecule has 0 fully saturated rings. The van der Waals surface area contributed by atoms with Gasteiger partial charge in [0.2, 0.25) is 5.88 Å². The number of para-hydroxylation sites is 1. The molecule has 2 heterocycles. The monoisotopic (exact) mass is 539 g/mol. The van der Waals surface area contributed by atoms with Crippen LogP contribution in [-0.4, -0.2) is 34.9 Å². The van der Waals surface area contributed by atoms with Gasteiger partial charge in [-0.3, -0.25) is 9.59 Å². The van der Waals surface area contributed by atoms with E-state index in [0.717, 1.165) is 4.90 Å². The maximum Gasteiger partial charge on any atom is 0.416 e. The van der Waals surface area contributed by atoms with Crippen LogP contribution in [-0.2, 0) is 35.0 Å². The minimum Gasteiger partial charge on any atom is -0.483 e. The summed E-state index contributed by atoms with van der Waals surface area (Å²) in [6.07, 6.45) is -8.65. The number of nitrogens with two attached hydrogens (primary N) is 1. The van der Waals surface area contributed by atoms with Crippen molar-refractivity contribution in [2.24, 2.45) is 5.73 Å². The van der Waals surface area contributed by atoms with Gasteiger partial charge in [0, 0.05) is 23.9 Å². The maximum absolute atomic E-state index is 13.3. The van der Waals surface area contributed by atoms with Gasteiger partial charge in [-0.25, -0.2) is 4.98 Å². The fourth-order valence-electron chi connectivity index (χ4n) is 3.94. The van der Waals surface area contributed by atoms with Gasteiger partial charge >= 0.3 is 12.4 Å². The number of nitrogens with zero attached hydrogens (tertiary/aromatic N) is 2. The lowest BCUT2D eigenvalue weighted by Crippen LogP contribution is -2.32. The van der Waals surface area contributed by atoms with Crippen molar-refractivity contribution in [3.63, 3.8) is 0 Å². The molecule has 2 N–H and O–H groups in total. The van der Waals surface area contributed by atoms with Crippen LogP contribution < -0.4 is 15.2 Å². The molecule has 200 valence electrons. The van der Waals surface area contributed by atoms with Crippen LogP contribution in [0.4, 0.5) is 26.3 Å². The molecule has 1 aliphatic rings. The minimum absolute atomic E-state index is 0.0250. The number of aromatic nitrogens is 1. The Morgan fingerprint density at radius 1 is 1.00 bits per heavy atom. The van der Waals surface area contributed by atoms with Crippen molar-refractivity contribution < 1.29 is 45.4 Å². The average molecular weight is 539 g/mol. The average Bonchev–Trinajstić information content (AvgIpc) is 3.00. The smallest absolute Gasteiger partial charge is 0.416 e. The van der Waals surface area contributed by atoms with Crippen LogP contribution in [0.1, 0.15) is 22.3 Å².